The van der Waals surface area contributed by atoms with Crippen LogP contribution in [0.4, 0.5) is 10.2 Å². The first-order valence-corrected chi connectivity index (χ1v) is 5.88. The van der Waals surface area contributed by atoms with Crippen molar-refractivity contribution in [3.63, 3.8) is 0 Å². The first-order valence-electron chi connectivity index (χ1n) is 5.35. The smallest absolute Gasteiger partial charge is 0.170 e. The molecule has 0 amide bonds. The van der Waals surface area contributed by atoms with E-state index in [4.69, 9.17) is 11.6 Å². The molecule has 1 aliphatic heterocycles. The molecule has 0 bridgehead atoms. The zero-order valence-electron chi connectivity index (χ0n) is 9.29. The summed E-state index contributed by atoms with van der Waals surface area (Å²) in [5.41, 5.74) is 0.519. The van der Waals surface area contributed by atoms with Gasteiger partial charge in [0.25, 0.3) is 0 Å². The van der Waals surface area contributed by atoms with Crippen molar-refractivity contribution in [2.24, 2.45) is 0 Å². The molecule has 3 nitrogen and oxygen atoms in total. The maximum atomic E-state index is 14.0. The lowest BCUT2D eigenvalue weighted by atomic mass is 10.2. The van der Waals surface area contributed by atoms with Crippen molar-refractivity contribution in [1.82, 2.24) is 9.88 Å². The van der Waals surface area contributed by atoms with Crippen molar-refractivity contribution < 1.29 is 4.39 Å². The van der Waals surface area contributed by atoms with Crippen molar-refractivity contribution in [2.75, 3.05) is 38.1 Å². The maximum absolute atomic E-state index is 14.0. The summed E-state index contributed by atoms with van der Waals surface area (Å²) < 4.78 is 14.0. The van der Waals surface area contributed by atoms with Gasteiger partial charge < -0.3 is 9.80 Å². The average molecular weight is 244 g/mol. The van der Waals surface area contributed by atoms with E-state index in [0.717, 1.165) is 26.2 Å². The zero-order valence-corrected chi connectivity index (χ0v) is 10.0. The van der Waals surface area contributed by atoms with Gasteiger partial charge in [-0.3, -0.25) is 0 Å². The molecule has 1 saturated heterocycles. The van der Waals surface area contributed by atoms with E-state index in [1.54, 1.807) is 12.3 Å². The van der Waals surface area contributed by atoms with Gasteiger partial charge in [0.05, 0.1) is 5.88 Å². The first-order chi connectivity index (χ1) is 7.72. The van der Waals surface area contributed by atoms with E-state index in [0.29, 0.717) is 11.4 Å². The number of pyridine rings is 1. The molecular formula is C11H15ClFN3. The molecule has 1 aromatic rings. The summed E-state index contributed by atoms with van der Waals surface area (Å²) in [5, 5.41) is 0. The fourth-order valence-electron chi connectivity index (χ4n) is 1.81. The molecule has 2 heterocycles. The molecule has 0 spiro atoms. The van der Waals surface area contributed by atoms with Crippen molar-refractivity contribution in [3.05, 3.63) is 23.6 Å². The van der Waals surface area contributed by atoms with Crippen molar-refractivity contribution in [1.29, 1.82) is 0 Å². The van der Waals surface area contributed by atoms with Gasteiger partial charge in [0.1, 0.15) is 0 Å². The number of piperazine rings is 1. The number of hydrogen-bond donors (Lipinski definition) is 0. The highest BCUT2D eigenvalue weighted by molar-refractivity contribution is 6.17. The molecule has 0 saturated carbocycles. The maximum Gasteiger partial charge on any atom is 0.170 e. The third-order valence-electron chi connectivity index (χ3n) is 2.90. The SMILES string of the molecule is CN1CCN(c2nccc(CCl)c2F)CC1. The summed E-state index contributed by atoms with van der Waals surface area (Å²) in [7, 11) is 2.07. The van der Waals surface area contributed by atoms with E-state index in [1.165, 1.54) is 0 Å². The number of anilines is 1. The highest BCUT2D eigenvalue weighted by Gasteiger charge is 2.19. The van der Waals surface area contributed by atoms with Crippen LogP contribution >= 0.6 is 11.6 Å². The minimum Gasteiger partial charge on any atom is -0.352 e. The second kappa shape index (κ2) is 4.97. The van der Waals surface area contributed by atoms with Crippen LogP contribution in [0.5, 0.6) is 0 Å². The van der Waals surface area contributed by atoms with E-state index >= 15 is 0 Å². The Hall–Kier alpha value is -0.870. The summed E-state index contributed by atoms with van der Waals surface area (Å²) in [4.78, 5) is 8.31. The summed E-state index contributed by atoms with van der Waals surface area (Å²) in [6, 6.07) is 1.63. The molecular weight excluding hydrogens is 229 g/mol. The second-order valence-corrected chi connectivity index (χ2v) is 4.30. The average Bonchev–Trinajstić information content (AvgIpc) is 2.31. The van der Waals surface area contributed by atoms with Gasteiger partial charge in [-0.2, -0.15) is 0 Å². The number of aromatic nitrogens is 1. The predicted molar refractivity (Wildman–Crippen MR) is 63.5 cm³/mol. The normalized spacial score (nSPS) is 17.8. The molecule has 2 rings (SSSR count). The minimum absolute atomic E-state index is 0.190. The predicted octanol–water partition coefficient (Wildman–Crippen LogP) is 1.71. The molecule has 5 heteroatoms. The molecule has 0 N–H and O–H groups in total. The Labute approximate surface area is 99.8 Å². The van der Waals surface area contributed by atoms with Gasteiger partial charge in [0.15, 0.2) is 11.6 Å². The van der Waals surface area contributed by atoms with Crippen LogP contribution in [0.15, 0.2) is 12.3 Å². The summed E-state index contributed by atoms with van der Waals surface area (Å²) in [6.07, 6.45) is 1.62. The van der Waals surface area contributed by atoms with Gasteiger partial charge in [-0.15, -0.1) is 11.6 Å². The third-order valence-corrected chi connectivity index (χ3v) is 3.19. The number of halogens is 2. The van der Waals surface area contributed by atoms with Gasteiger partial charge in [0.2, 0.25) is 0 Å². The van der Waals surface area contributed by atoms with E-state index in [-0.39, 0.29) is 11.7 Å². The Morgan fingerprint density at radius 2 is 2.06 bits per heavy atom. The van der Waals surface area contributed by atoms with Gasteiger partial charge in [-0.05, 0) is 13.1 Å². The standard InChI is InChI=1S/C11H15ClFN3/c1-15-4-6-16(7-5-15)11-10(13)9(8-12)2-3-14-11/h2-3H,4-8H2,1H3. The van der Waals surface area contributed by atoms with Gasteiger partial charge >= 0.3 is 0 Å². The third kappa shape index (κ3) is 2.28. The van der Waals surface area contributed by atoms with Gasteiger partial charge in [0, 0.05) is 37.9 Å². The number of likely N-dealkylation sites (N-methyl/N-ethyl adjacent to an activating group) is 1. The van der Waals surface area contributed by atoms with E-state index in [9.17, 15) is 4.39 Å². The topological polar surface area (TPSA) is 19.4 Å². The van der Waals surface area contributed by atoms with E-state index < -0.39 is 0 Å². The van der Waals surface area contributed by atoms with Crippen LogP contribution in [0.1, 0.15) is 5.56 Å². The Balaban J connectivity index is 2.20. The second-order valence-electron chi connectivity index (χ2n) is 4.03. The van der Waals surface area contributed by atoms with Gasteiger partial charge in [-0.25, -0.2) is 9.37 Å². The Bertz CT molecular complexity index is 364. The largest absolute Gasteiger partial charge is 0.352 e. The van der Waals surface area contributed by atoms with Crippen molar-refractivity contribution in [3.8, 4) is 0 Å². The lowest BCUT2D eigenvalue weighted by Crippen LogP contribution is -2.45. The molecule has 88 valence electrons. The number of nitrogens with zero attached hydrogens (tertiary/aromatic N) is 3. The number of rotatable bonds is 2. The van der Waals surface area contributed by atoms with Crippen LogP contribution < -0.4 is 4.90 Å². The monoisotopic (exact) mass is 243 g/mol. The van der Waals surface area contributed by atoms with Gasteiger partial charge in [-0.1, -0.05) is 0 Å². The Morgan fingerprint density at radius 3 is 2.69 bits per heavy atom. The quantitative estimate of drug-likeness (QED) is 0.738. The fraction of sp³-hybridized carbons (Fsp3) is 0.545. The van der Waals surface area contributed by atoms with Crippen LogP contribution in [-0.2, 0) is 5.88 Å². The summed E-state index contributed by atoms with van der Waals surface area (Å²) in [6.45, 7) is 3.50. The van der Waals surface area contributed by atoms with E-state index in [2.05, 4.69) is 16.9 Å². The highest BCUT2D eigenvalue weighted by atomic mass is 35.5. The molecule has 1 aliphatic rings. The molecule has 0 unspecified atom stereocenters. The zero-order chi connectivity index (χ0) is 11.5. The highest BCUT2D eigenvalue weighted by Crippen LogP contribution is 2.21. The summed E-state index contributed by atoms with van der Waals surface area (Å²) >= 11 is 5.67. The van der Waals surface area contributed by atoms with E-state index in [1.807, 2.05) is 4.90 Å². The molecule has 1 aromatic heterocycles. The Morgan fingerprint density at radius 1 is 1.38 bits per heavy atom. The van der Waals surface area contributed by atoms with Crippen LogP contribution in [0.25, 0.3) is 0 Å². The molecule has 0 radical (unpaired) electrons. The molecule has 0 aromatic carbocycles. The van der Waals surface area contributed by atoms with Crippen LogP contribution in [0.3, 0.4) is 0 Å². The molecule has 16 heavy (non-hydrogen) atoms. The van der Waals surface area contributed by atoms with Crippen LogP contribution in [-0.4, -0.2) is 43.1 Å². The van der Waals surface area contributed by atoms with Crippen LogP contribution in [0, 0.1) is 5.82 Å². The van der Waals surface area contributed by atoms with Crippen molar-refractivity contribution >= 4 is 17.4 Å². The lowest BCUT2D eigenvalue weighted by Gasteiger charge is -2.33. The number of alkyl halides is 1. The molecule has 0 atom stereocenters. The summed E-state index contributed by atoms with van der Waals surface area (Å²) in [5.74, 6) is 0.350. The molecule has 0 aliphatic carbocycles. The minimum atomic E-state index is -0.276. The fourth-order valence-corrected chi connectivity index (χ4v) is 2.02. The van der Waals surface area contributed by atoms with Crippen molar-refractivity contribution in [2.45, 2.75) is 5.88 Å². The Kier molecular flexibility index (Phi) is 3.61. The van der Waals surface area contributed by atoms with Crippen LogP contribution in [0.2, 0.25) is 0 Å². The first kappa shape index (κ1) is 11.6. The number of hydrogen-bond acceptors (Lipinski definition) is 3. The molecule has 1 fully saturated rings. The lowest BCUT2D eigenvalue weighted by molar-refractivity contribution is 0.310.